The van der Waals surface area contributed by atoms with Crippen molar-refractivity contribution in [3.63, 3.8) is 0 Å². The highest BCUT2D eigenvalue weighted by molar-refractivity contribution is 6.02. The molecule has 0 fully saturated rings. The van der Waals surface area contributed by atoms with Crippen molar-refractivity contribution < 1.29 is 9.90 Å². The summed E-state index contributed by atoms with van der Waals surface area (Å²) in [6.07, 6.45) is -0.733. The summed E-state index contributed by atoms with van der Waals surface area (Å²) in [6, 6.07) is 11.0. The molecule has 0 bridgehead atoms. The highest BCUT2D eigenvalue weighted by Crippen LogP contribution is 2.45. The van der Waals surface area contributed by atoms with Gasteiger partial charge in [-0.05, 0) is 46.9 Å². The number of fused-ring (bicyclic) bond motifs is 3. The molecule has 3 rings (SSSR count). The van der Waals surface area contributed by atoms with Gasteiger partial charge in [0.1, 0.15) is 6.10 Å². The number of nitrogens with two attached hydrogens (primary N) is 2. The summed E-state index contributed by atoms with van der Waals surface area (Å²) < 4.78 is 0. The zero-order valence-corrected chi connectivity index (χ0v) is 11.5. The fourth-order valence-electron chi connectivity index (χ4n) is 2.78. The van der Waals surface area contributed by atoms with Gasteiger partial charge in [-0.1, -0.05) is 24.3 Å². The molecular weight excluding hydrogens is 266 g/mol. The van der Waals surface area contributed by atoms with Crippen LogP contribution in [0.5, 0.6) is 0 Å². The van der Waals surface area contributed by atoms with E-state index in [0.717, 1.165) is 22.3 Å². The summed E-state index contributed by atoms with van der Waals surface area (Å²) in [5.74, 6) is -0.794. The van der Waals surface area contributed by atoms with E-state index < -0.39 is 12.0 Å². The van der Waals surface area contributed by atoms with Crippen LogP contribution < -0.4 is 11.5 Å². The third-order valence-electron chi connectivity index (χ3n) is 3.71. The minimum Gasteiger partial charge on any atom is -0.384 e. The molecule has 21 heavy (non-hydrogen) atoms. The lowest BCUT2D eigenvalue weighted by atomic mass is 10.0. The van der Waals surface area contributed by atoms with Crippen molar-refractivity contribution in [3.05, 3.63) is 58.7 Å². The zero-order valence-electron chi connectivity index (χ0n) is 11.5. The molecule has 106 valence electrons. The smallest absolute Gasteiger partial charge is 0.280 e. The van der Waals surface area contributed by atoms with Crippen LogP contribution in [-0.4, -0.2) is 17.0 Å². The first-order chi connectivity index (χ1) is 9.99. The molecule has 2 aromatic rings. The minimum atomic E-state index is -0.733. The largest absolute Gasteiger partial charge is 0.384 e. The van der Waals surface area contributed by atoms with Crippen molar-refractivity contribution >= 4 is 11.9 Å². The molecular formula is C16H15N3O2. The van der Waals surface area contributed by atoms with Gasteiger partial charge in [-0.25, -0.2) is 0 Å². The third kappa shape index (κ3) is 2.08. The zero-order chi connectivity index (χ0) is 15.1. The Balaban J connectivity index is 2.12. The van der Waals surface area contributed by atoms with E-state index in [4.69, 9.17) is 11.5 Å². The molecule has 1 amide bonds. The number of guanidine groups is 1. The number of hydrogen-bond acceptors (Lipinski definition) is 2. The van der Waals surface area contributed by atoms with Crippen LogP contribution in [0.15, 0.2) is 41.4 Å². The molecule has 0 saturated heterocycles. The lowest BCUT2D eigenvalue weighted by Crippen LogP contribution is -2.24. The third-order valence-corrected chi connectivity index (χ3v) is 3.71. The number of aliphatic imine (C=N–C) groups is 1. The molecule has 0 aliphatic heterocycles. The number of carbonyl (C=O) groups excluding carboxylic acids is 1. The Hall–Kier alpha value is -2.66. The van der Waals surface area contributed by atoms with Crippen molar-refractivity contribution in [1.82, 2.24) is 0 Å². The molecule has 0 radical (unpaired) electrons. The molecule has 2 aromatic carbocycles. The Morgan fingerprint density at radius 1 is 1.19 bits per heavy atom. The van der Waals surface area contributed by atoms with Crippen LogP contribution >= 0.6 is 0 Å². The first kappa shape index (κ1) is 13.3. The van der Waals surface area contributed by atoms with Gasteiger partial charge in [0.05, 0.1) is 0 Å². The van der Waals surface area contributed by atoms with Crippen molar-refractivity contribution in [1.29, 1.82) is 0 Å². The number of amides is 1. The lowest BCUT2D eigenvalue weighted by molar-refractivity contribution is 0.100. The van der Waals surface area contributed by atoms with Crippen LogP contribution in [-0.2, 0) is 0 Å². The number of hydrogen-bond donors (Lipinski definition) is 3. The summed E-state index contributed by atoms with van der Waals surface area (Å²) in [5.41, 5.74) is 15.3. The first-order valence-corrected chi connectivity index (χ1v) is 6.55. The standard InChI is InChI=1S/C16H15N3O2/c1-8-3-2-4-11-10-6-5-9(15(21)19-16(17)18)7-12(10)14(20)13(8)11/h2-7,14,20H,1H3,(H4,17,18,19,21). The number of aryl methyl sites for hydroxylation is 1. The van der Waals surface area contributed by atoms with Crippen LogP contribution in [0.2, 0.25) is 0 Å². The van der Waals surface area contributed by atoms with Crippen molar-refractivity contribution in [2.24, 2.45) is 16.5 Å². The van der Waals surface area contributed by atoms with Crippen LogP contribution in [0.3, 0.4) is 0 Å². The van der Waals surface area contributed by atoms with Crippen LogP contribution in [0.25, 0.3) is 11.1 Å². The van der Waals surface area contributed by atoms with E-state index in [1.165, 1.54) is 0 Å². The maximum absolute atomic E-state index is 11.9. The van der Waals surface area contributed by atoms with Crippen LogP contribution in [0.1, 0.15) is 33.2 Å². The fourth-order valence-corrected chi connectivity index (χ4v) is 2.78. The molecule has 5 nitrogen and oxygen atoms in total. The Kier molecular flexibility index (Phi) is 2.99. The minimum absolute atomic E-state index is 0.278. The molecule has 5 heteroatoms. The van der Waals surface area contributed by atoms with Crippen molar-refractivity contribution in [2.75, 3.05) is 0 Å². The average molecular weight is 281 g/mol. The second kappa shape index (κ2) is 4.71. The van der Waals surface area contributed by atoms with Gasteiger partial charge >= 0.3 is 0 Å². The lowest BCUT2D eigenvalue weighted by Gasteiger charge is -2.08. The number of aliphatic hydroxyl groups excluding tert-OH is 1. The van der Waals surface area contributed by atoms with Crippen LogP contribution in [0, 0.1) is 6.92 Å². The summed E-state index contributed by atoms with van der Waals surface area (Å²) >= 11 is 0. The summed E-state index contributed by atoms with van der Waals surface area (Å²) in [5, 5.41) is 10.5. The summed E-state index contributed by atoms with van der Waals surface area (Å²) in [7, 11) is 0. The van der Waals surface area contributed by atoms with Gasteiger partial charge in [-0.15, -0.1) is 0 Å². The molecule has 1 atom stereocenters. The summed E-state index contributed by atoms with van der Waals surface area (Å²) in [4.78, 5) is 15.4. The molecule has 0 heterocycles. The number of benzene rings is 2. The van der Waals surface area contributed by atoms with Gasteiger partial charge in [0.25, 0.3) is 5.91 Å². The molecule has 1 aliphatic rings. The molecule has 0 saturated carbocycles. The van der Waals surface area contributed by atoms with E-state index in [0.29, 0.717) is 11.1 Å². The molecule has 1 unspecified atom stereocenters. The molecule has 5 N–H and O–H groups in total. The fraction of sp³-hybridized carbons (Fsp3) is 0.125. The quantitative estimate of drug-likeness (QED) is 0.544. The predicted molar refractivity (Wildman–Crippen MR) is 80.8 cm³/mol. The van der Waals surface area contributed by atoms with Crippen molar-refractivity contribution in [3.8, 4) is 11.1 Å². The van der Waals surface area contributed by atoms with Gasteiger partial charge in [0.2, 0.25) is 0 Å². The summed E-state index contributed by atoms with van der Waals surface area (Å²) in [6.45, 7) is 1.96. The van der Waals surface area contributed by atoms with E-state index in [2.05, 4.69) is 4.99 Å². The first-order valence-electron chi connectivity index (χ1n) is 6.55. The Morgan fingerprint density at radius 2 is 1.95 bits per heavy atom. The second-order valence-corrected chi connectivity index (χ2v) is 5.08. The predicted octanol–water partition coefficient (Wildman–Crippen LogP) is 1.47. The Morgan fingerprint density at radius 3 is 2.67 bits per heavy atom. The Bertz CT molecular complexity index is 777. The van der Waals surface area contributed by atoms with E-state index in [1.807, 2.05) is 31.2 Å². The van der Waals surface area contributed by atoms with Crippen molar-refractivity contribution in [2.45, 2.75) is 13.0 Å². The van der Waals surface area contributed by atoms with E-state index >= 15 is 0 Å². The number of aliphatic hydroxyl groups is 1. The van der Waals surface area contributed by atoms with Gasteiger partial charge in [0, 0.05) is 5.56 Å². The number of rotatable bonds is 1. The number of carbonyl (C=O) groups is 1. The van der Waals surface area contributed by atoms with E-state index in [1.54, 1.807) is 12.1 Å². The van der Waals surface area contributed by atoms with Gasteiger partial charge < -0.3 is 16.6 Å². The monoisotopic (exact) mass is 281 g/mol. The topological polar surface area (TPSA) is 102 Å². The molecule has 1 aliphatic carbocycles. The van der Waals surface area contributed by atoms with E-state index in [9.17, 15) is 9.90 Å². The number of nitrogens with zero attached hydrogens (tertiary/aromatic N) is 1. The second-order valence-electron chi connectivity index (χ2n) is 5.08. The van der Waals surface area contributed by atoms with Gasteiger partial charge in [0.15, 0.2) is 5.96 Å². The SMILES string of the molecule is Cc1cccc2c1C(O)c1cc(C(=O)N=C(N)N)ccc1-2. The maximum Gasteiger partial charge on any atom is 0.280 e. The van der Waals surface area contributed by atoms with Gasteiger partial charge in [-0.3, -0.25) is 4.79 Å². The maximum atomic E-state index is 11.9. The average Bonchev–Trinajstić information content (AvgIpc) is 2.72. The highest BCUT2D eigenvalue weighted by Gasteiger charge is 2.29. The Labute approximate surface area is 121 Å². The van der Waals surface area contributed by atoms with Crippen LogP contribution in [0.4, 0.5) is 0 Å². The molecule has 0 spiro atoms. The highest BCUT2D eigenvalue weighted by atomic mass is 16.3. The normalized spacial score (nSPS) is 15.2. The van der Waals surface area contributed by atoms with E-state index in [-0.39, 0.29) is 5.96 Å². The molecule has 0 aromatic heterocycles. The van der Waals surface area contributed by atoms with Gasteiger partial charge in [-0.2, -0.15) is 4.99 Å².